The van der Waals surface area contributed by atoms with E-state index < -0.39 is 0 Å². The Hall–Kier alpha value is -0.610. The summed E-state index contributed by atoms with van der Waals surface area (Å²) >= 11 is 13.6. The number of benzene rings is 1. The van der Waals surface area contributed by atoms with Gasteiger partial charge in [0.05, 0.1) is 15.1 Å². The second-order valence-electron chi connectivity index (χ2n) is 3.68. The monoisotopic (exact) mass is 286 g/mol. The summed E-state index contributed by atoms with van der Waals surface area (Å²) in [4.78, 5) is 5.62. The molecular weight excluding hydrogens is 275 g/mol. The Balaban J connectivity index is 2.11. The van der Waals surface area contributed by atoms with E-state index in [0.29, 0.717) is 10.0 Å². The maximum absolute atomic E-state index is 5.98. The van der Waals surface area contributed by atoms with Gasteiger partial charge in [0.1, 0.15) is 0 Å². The highest BCUT2D eigenvalue weighted by Crippen LogP contribution is 2.24. The highest BCUT2D eigenvalue weighted by atomic mass is 35.5. The molecule has 0 aliphatic carbocycles. The molecule has 0 bridgehead atoms. The van der Waals surface area contributed by atoms with Gasteiger partial charge in [0, 0.05) is 24.0 Å². The van der Waals surface area contributed by atoms with Crippen LogP contribution in [0.5, 0.6) is 0 Å². The average Bonchev–Trinajstić information content (AvgIpc) is 2.72. The lowest BCUT2D eigenvalue weighted by atomic mass is 10.2. The second kappa shape index (κ2) is 5.83. The van der Waals surface area contributed by atoms with E-state index >= 15 is 0 Å². The van der Waals surface area contributed by atoms with Crippen molar-refractivity contribution in [1.29, 1.82) is 0 Å². The van der Waals surface area contributed by atoms with Crippen LogP contribution in [0.15, 0.2) is 24.4 Å². The fourth-order valence-corrected chi connectivity index (χ4v) is 2.80. The summed E-state index contributed by atoms with van der Waals surface area (Å²) in [6, 6.07) is 5.69. The van der Waals surface area contributed by atoms with Crippen molar-refractivity contribution in [3.63, 3.8) is 0 Å². The first-order valence-corrected chi connectivity index (χ1v) is 6.78. The molecule has 90 valence electrons. The molecule has 0 atom stereocenters. The molecule has 17 heavy (non-hydrogen) atoms. The smallest absolute Gasteiger partial charge is 0.0972 e. The van der Waals surface area contributed by atoms with Crippen molar-refractivity contribution in [3.05, 3.63) is 49.9 Å². The third-order valence-corrected chi connectivity index (χ3v) is 4.03. The van der Waals surface area contributed by atoms with E-state index in [2.05, 4.69) is 10.3 Å². The normalized spacial score (nSPS) is 10.8. The van der Waals surface area contributed by atoms with E-state index in [4.69, 9.17) is 23.2 Å². The number of hydrogen-bond acceptors (Lipinski definition) is 3. The summed E-state index contributed by atoms with van der Waals surface area (Å²) in [5.41, 5.74) is 1.13. The molecule has 0 saturated carbocycles. The standard InChI is InChI=1S/C12H12Cl2N2S/c1-15-6-9-7-16-12(17-9)5-8-2-3-10(13)11(14)4-8/h2-4,7,15H,5-6H2,1H3. The molecule has 1 aromatic carbocycles. The number of rotatable bonds is 4. The van der Waals surface area contributed by atoms with Gasteiger partial charge in [-0.1, -0.05) is 29.3 Å². The van der Waals surface area contributed by atoms with Crippen LogP contribution in [0.2, 0.25) is 10.0 Å². The van der Waals surface area contributed by atoms with Gasteiger partial charge in [0.15, 0.2) is 0 Å². The highest BCUT2D eigenvalue weighted by molar-refractivity contribution is 7.11. The van der Waals surface area contributed by atoms with Crippen molar-refractivity contribution < 1.29 is 0 Å². The fraction of sp³-hybridized carbons (Fsp3) is 0.250. The molecule has 0 fully saturated rings. The lowest BCUT2D eigenvalue weighted by Crippen LogP contribution is -2.02. The van der Waals surface area contributed by atoms with E-state index in [1.54, 1.807) is 11.3 Å². The number of halogens is 2. The number of nitrogens with one attached hydrogen (secondary N) is 1. The third kappa shape index (κ3) is 3.42. The molecular formula is C12H12Cl2N2S. The van der Waals surface area contributed by atoms with Crippen LogP contribution in [0, 0.1) is 0 Å². The molecule has 1 N–H and O–H groups in total. The van der Waals surface area contributed by atoms with Crippen molar-refractivity contribution in [2.45, 2.75) is 13.0 Å². The fourth-order valence-electron chi connectivity index (χ4n) is 1.51. The molecule has 1 heterocycles. The number of thiazole rings is 1. The zero-order valence-electron chi connectivity index (χ0n) is 9.34. The van der Waals surface area contributed by atoms with Crippen molar-refractivity contribution >= 4 is 34.5 Å². The average molecular weight is 287 g/mol. The molecule has 2 nitrogen and oxygen atoms in total. The van der Waals surface area contributed by atoms with Crippen LogP contribution in [0.25, 0.3) is 0 Å². The Morgan fingerprint density at radius 1 is 1.29 bits per heavy atom. The van der Waals surface area contributed by atoms with Crippen molar-refractivity contribution in [2.24, 2.45) is 0 Å². The first-order chi connectivity index (χ1) is 8.19. The SMILES string of the molecule is CNCc1cnc(Cc2ccc(Cl)c(Cl)c2)s1. The van der Waals surface area contributed by atoms with Crippen LogP contribution >= 0.6 is 34.5 Å². The molecule has 0 saturated heterocycles. The van der Waals surface area contributed by atoms with Crippen LogP contribution in [0.1, 0.15) is 15.4 Å². The summed E-state index contributed by atoms with van der Waals surface area (Å²) < 4.78 is 0. The second-order valence-corrected chi connectivity index (χ2v) is 5.69. The minimum absolute atomic E-state index is 0.588. The zero-order valence-corrected chi connectivity index (χ0v) is 11.7. The van der Waals surface area contributed by atoms with Gasteiger partial charge in [-0.25, -0.2) is 4.98 Å². The predicted octanol–water partition coefficient (Wildman–Crippen LogP) is 3.76. The first kappa shape index (κ1) is 12.8. The van der Waals surface area contributed by atoms with Gasteiger partial charge in [-0.15, -0.1) is 11.3 Å². The van der Waals surface area contributed by atoms with Gasteiger partial charge in [-0.3, -0.25) is 0 Å². The number of aromatic nitrogens is 1. The van der Waals surface area contributed by atoms with Crippen LogP contribution in [-0.4, -0.2) is 12.0 Å². The number of hydrogen-bond donors (Lipinski definition) is 1. The maximum Gasteiger partial charge on any atom is 0.0972 e. The highest BCUT2D eigenvalue weighted by Gasteiger charge is 2.04. The minimum atomic E-state index is 0.588. The van der Waals surface area contributed by atoms with Gasteiger partial charge in [0.2, 0.25) is 0 Å². The van der Waals surface area contributed by atoms with Crippen molar-refractivity contribution in [3.8, 4) is 0 Å². The van der Waals surface area contributed by atoms with Gasteiger partial charge >= 0.3 is 0 Å². The van der Waals surface area contributed by atoms with Crippen molar-refractivity contribution in [1.82, 2.24) is 10.3 Å². The van der Waals surface area contributed by atoms with Crippen LogP contribution in [-0.2, 0) is 13.0 Å². The van der Waals surface area contributed by atoms with Gasteiger partial charge in [-0.05, 0) is 24.7 Å². The van der Waals surface area contributed by atoms with Crippen molar-refractivity contribution in [2.75, 3.05) is 7.05 Å². The molecule has 0 aliphatic rings. The quantitative estimate of drug-likeness (QED) is 0.926. The number of nitrogens with zero attached hydrogens (tertiary/aromatic N) is 1. The Morgan fingerprint density at radius 3 is 2.82 bits per heavy atom. The first-order valence-electron chi connectivity index (χ1n) is 5.21. The Bertz CT molecular complexity index is 511. The summed E-state index contributed by atoms with van der Waals surface area (Å²) in [6.45, 7) is 0.860. The summed E-state index contributed by atoms with van der Waals surface area (Å²) in [7, 11) is 1.93. The molecule has 0 aliphatic heterocycles. The van der Waals surface area contributed by atoms with E-state index in [0.717, 1.165) is 23.5 Å². The zero-order chi connectivity index (χ0) is 12.3. The van der Waals surface area contributed by atoms with E-state index in [-0.39, 0.29) is 0 Å². The molecule has 0 spiro atoms. The maximum atomic E-state index is 5.98. The van der Waals surface area contributed by atoms with E-state index in [1.165, 1.54) is 4.88 Å². The Labute approximate surface area is 115 Å². The third-order valence-electron chi connectivity index (χ3n) is 2.29. The minimum Gasteiger partial charge on any atom is -0.315 e. The lowest BCUT2D eigenvalue weighted by molar-refractivity contribution is 0.829. The summed E-state index contributed by atoms with van der Waals surface area (Å²) in [6.07, 6.45) is 2.71. The molecule has 1 aromatic heterocycles. The van der Waals surface area contributed by atoms with Gasteiger partial charge < -0.3 is 5.32 Å². The van der Waals surface area contributed by atoms with Crippen LogP contribution < -0.4 is 5.32 Å². The van der Waals surface area contributed by atoms with Gasteiger partial charge in [0.25, 0.3) is 0 Å². The molecule has 0 unspecified atom stereocenters. The van der Waals surface area contributed by atoms with E-state index in [1.807, 2.05) is 31.4 Å². The summed E-state index contributed by atoms with van der Waals surface area (Å²) in [5.74, 6) is 0. The lowest BCUT2D eigenvalue weighted by Gasteiger charge is -2.00. The Morgan fingerprint density at radius 2 is 2.12 bits per heavy atom. The van der Waals surface area contributed by atoms with Gasteiger partial charge in [-0.2, -0.15) is 0 Å². The molecule has 5 heteroatoms. The topological polar surface area (TPSA) is 24.9 Å². The Kier molecular flexibility index (Phi) is 4.40. The molecule has 0 amide bonds. The molecule has 2 aromatic rings. The van der Waals surface area contributed by atoms with Crippen LogP contribution in [0.4, 0.5) is 0 Å². The predicted molar refractivity (Wildman–Crippen MR) is 74.1 cm³/mol. The summed E-state index contributed by atoms with van der Waals surface area (Å²) in [5, 5.41) is 5.38. The molecule has 0 radical (unpaired) electrons. The largest absolute Gasteiger partial charge is 0.315 e. The molecule has 2 rings (SSSR count). The van der Waals surface area contributed by atoms with E-state index in [9.17, 15) is 0 Å². The van der Waals surface area contributed by atoms with Crippen LogP contribution in [0.3, 0.4) is 0 Å².